The second-order valence-electron chi connectivity index (χ2n) is 5.64. The predicted octanol–water partition coefficient (Wildman–Crippen LogP) is 2.89. The number of nitrogens with one attached hydrogen (secondary N) is 1. The highest BCUT2D eigenvalue weighted by Gasteiger charge is 2.25. The maximum atomic E-state index is 3.53. The van der Waals surface area contributed by atoms with Gasteiger partial charge in [0.1, 0.15) is 0 Å². The smallest absolute Gasteiger partial charge is 0.00698 e. The van der Waals surface area contributed by atoms with Gasteiger partial charge in [0.05, 0.1) is 0 Å². The minimum absolute atomic E-state index is 0.773. The van der Waals surface area contributed by atoms with E-state index in [9.17, 15) is 0 Å². The lowest BCUT2D eigenvalue weighted by Gasteiger charge is -2.40. The van der Waals surface area contributed by atoms with Crippen LogP contribution in [0.2, 0.25) is 0 Å². The first-order valence-electron chi connectivity index (χ1n) is 7.11. The summed E-state index contributed by atoms with van der Waals surface area (Å²) in [5, 5.41) is 3.53. The molecule has 1 unspecified atom stereocenters. The Bertz CT molecular complexity index is 172. The number of piperidine rings is 1. The SMILES string of the molecule is CCCNCC(C)CN1[C@H](C)CCC[C@@H]1C. The van der Waals surface area contributed by atoms with Crippen molar-refractivity contribution in [3.05, 3.63) is 0 Å². The van der Waals surface area contributed by atoms with Gasteiger partial charge in [0, 0.05) is 18.6 Å². The van der Waals surface area contributed by atoms with E-state index in [2.05, 4.69) is 37.9 Å². The molecule has 1 rings (SSSR count). The fraction of sp³-hybridized carbons (Fsp3) is 1.00. The molecule has 0 aliphatic carbocycles. The molecule has 1 N–H and O–H groups in total. The Morgan fingerprint density at radius 3 is 2.44 bits per heavy atom. The number of rotatable bonds is 6. The van der Waals surface area contributed by atoms with E-state index in [0.29, 0.717) is 0 Å². The first kappa shape index (κ1) is 14.0. The first-order valence-corrected chi connectivity index (χ1v) is 7.11. The van der Waals surface area contributed by atoms with Gasteiger partial charge in [-0.3, -0.25) is 4.90 Å². The van der Waals surface area contributed by atoms with Gasteiger partial charge >= 0.3 is 0 Å². The lowest BCUT2D eigenvalue weighted by atomic mass is 9.96. The zero-order valence-corrected chi connectivity index (χ0v) is 11.6. The van der Waals surface area contributed by atoms with E-state index in [1.54, 1.807) is 0 Å². The Kier molecular flexibility index (Phi) is 6.37. The highest BCUT2D eigenvalue weighted by atomic mass is 15.2. The molecule has 3 atom stereocenters. The van der Waals surface area contributed by atoms with E-state index in [-0.39, 0.29) is 0 Å². The van der Waals surface area contributed by atoms with Crippen molar-refractivity contribution in [3.8, 4) is 0 Å². The topological polar surface area (TPSA) is 15.3 Å². The molecule has 0 amide bonds. The summed E-state index contributed by atoms with van der Waals surface area (Å²) in [4.78, 5) is 2.71. The van der Waals surface area contributed by atoms with Gasteiger partial charge < -0.3 is 5.32 Å². The molecule has 0 aromatic rings. The van der Waals surface area contributed by atoms with Gasteiger partial charge in [-0.05, 0) is 52.1 Å². The monoisotopic (exact) mass is 226 g/mol. The third kappa shape index (κ3) is 4.42. The molecule has 1 fully saturated rings. The average molecular weight is 226 g/mol. The van der Waals surface area contributed by atoms with Gasteiger partial charge in [-0.25, -0.2) is 0 Å². The van der Waals surface area contributed by atoms with Crippen molar-refractivity contribution in [2.45, 2.75) is 65.5 Å². The Hall–Kier alpha value is -0.0800. The fourth-order valence-electron chi connectivity index (χ4n) is 2.78. The molecular weight excluding hydrogens is 196 g/mol. The highest BCUT2D eigenvalue weighted by Crippen LogP contribution is 2.23. The van der Waals surface area contributed by atoms with Gasteiger partial charge in [-0.2, -0.15) is 0 Å². The minimum Gasteiger partial charge on any atom is -0.316 e. The van der Waals surface area contributed by atoms with Crippen LogP contribution in [-0.4, -0.2) is 36.6 Å². The van der Waals surface area contributed by atoms with Crippen LogP contribution in [0, 0.1) is 5.92 Å². The lowest BCUT2D eigenvalue weighted by Crippen LogP contribution is -2.46. The quantitative estimate of drug-likeness (QED) is 0.701. The van der Waals surface area contributed by atoms with Crippen LogP contribution in [0.1, 0.15) is 53.4 Å². The van der Waals surface area contributed by atoms with E-state index in [0.717, 1.165) is 24.5 Å². The molecule has 0 radical (unpaired) electrons. The van der Waals surface area contributed by atoms with Crippen molar-refractivity contribution >= 4 is 0 Å². The largest absolute Gasteiger partial charge is 0.316 e. The van der Waals surface area contributed by atoms with Gasteiger partial charge in [0.15, 0.2) is 0 Å². The molecule has 2 nitrogen and oxygen atoms in total. The van der Waals surface area contributed by atoms with Gasteiger partial charge in [-0.15, -0.1) is 0 Å². The van der Waals surface area contributed by atoms with Crippen LogP contribution >= 0.6 is 0 Å². The molecular formula is C14H30N2. The van der Waals surface area contributed by atoms with Crippen molar-refractivity contribution in [1.29, 1.82) is 0 Å². The van der Waals surface area contributed by atoms with Crippen molar-refractivity contribution in [2.75, 3.05) is 19.6 Å². The molecule has 16 heavy (non-hydrogen) atoms. The maximum Gasteiger partial charge on any atom is 0.00698 e. The van der Waals surface area contributed by atoms with Crippen LogP contribution < -0.4 is 5.32 Å². The summed E-state index contributed by atoms with van der Waals surface area (Å²) in [7, 11) is 0. The fourth-order valence-corrected chi connectivity index (χ4v) is 2.78. The summed E-state index contributed by atoms with van der Waals surface area (Å²) in [5.74, 6) is 0.773. The number of nitrogens with zero attached hydrogens (tertiary/aromatic N) is 1. The summed E-state index contributed by atoms with van der Waals surface area (Å²) in [5.41, 5.74) is 0. The van der Waals surface area contributed by atoms with Gasteiger partial charge in [0.2, 0.25) is 0 Å². The summed E-state index contributed by atoms with van der Waals surface area (Å²) >= 11 is 0. The summed E-state index contributed by atoms with van der Waals surface area (Å²) in [6, 6.07) is 1.58. The molecule has 0 aromatic carbocycles. The van der Waals surface area contributed by atoms with Crippen LogP contribution in [-0.2, 0) is 0 Å². The standard InChI is InChI=1S/C14H30N2/c1-5-9-15-10-12(2)11-16-13(3)7-6-8-14(16)4/h12-15H,5-11H2,1-4H3/t12?,13-,14+. The summed E-state index contributed by atoms with van der Waals surface area (Å²) < 4.78 is 0. The predicted molar refractivity (Wildman–Crippen MR) is 71.8 cm³/mol. The molecule has 2 heteroatoms. The molecule has 0 spiro atoms. The maximum absolute atomic E-state index is 3.53. The third-order valence-electron chi connectivity index (χ3n) is 3.82. The van der Waals surface area contributed by atoms with Crippen LogP contribution in [0.5, 0.6) is 0 Å². The summed E-state index contributed by atoms with van der Waals surface area (Å²) in [6.45, 7) is 13.0. The van der Waals surface area contributed by atoms with E-state index >= 15 is 0 Å². The Labute approximate surface area is 102 Å². The van der Waals surface area contributed by atoms with Gasteiger partial charge in [0.25, 0.3) is 0 Å². The third-order valence-corrected chi connectivity index (χ3v) is 3.82. The summed E-state index contributed by atoms with van der Waals surface area (Å²) in [6.07, 6.45) is 5.43. The molecule has 0 aromatic heterocycles. The van der Waals surface area contributed by atoms with Crippen molar-refractivity contribution in [2.24, 2.45) is 5.92 Å². The van der Waals surface area contributed by atoms with E-state index in [1.165, 1.54) is 38.8 Å². The van der Waals surface area contributed by atoms with E-state index in [4.69, 9.17) is 0 Å². The average Bonchev–Trinajstić information content (AvgIpc) is 2.24. The van der Waals surface area contributed by atoms with E-state index < -0.39 is 0 Å². The van der Waals surface area contributed by atoms with Crippen molar-refractivity contribution < 1.29 is 0 Å². The molecule has 1 aliphatic heterocycles. The Balaban J connectivity index is 2.27. The van der Waals surface area contributed by atoms with Crippen molar-refractivity contribution in [1.82, 2.24) is 10.2 Å². The zero-order valence-electron chi connectivity index (χ0n) is 11.6. The van der Waals surface area contributed by atoms with Crippen LogP contribution in [0.15, 0.2) is 0 Å². The second kappa shape index (κ2) is 7.29. The molecule has 0 saturated carbocycles. The molecule has 1 saturated heterocycles. The lowest BCUT2D eigenvalue weighted by molar-refractivity contribution is 0.0867. The minimum atomic E-state index is 0.773. The van der Waals surface area contributed by atoms with E-state index in [1.807, 2.05) is 0 Å². The number of likely N-dealkylation sites (tertiary alicyclic amines) is 1. The molecule has 96 valence electrons. The second-order valence-corrected chi connectivity index (χ2v) is 5.64. The highest BCUT2D eigenvalue weighted by molar-refractivity contribution is 4.80. The molecule has 1 heterocycles. The normalized spacial score (nSPS) is 29.2. The number of hydrogen-bond acceptors (Lipinski definition) is 2. The zero-order chi connectivity index (χ0) is 12.0. The Morgan fingerprint density at radius 1 is 1.25 bits per heavy atom. The molecule has 0 bridgehead atoms. The number of hydrogen-bond donors (Lipinski definition) is 1. The van der Waals surface area contributed by atoms with Gasteiger partial charge in [-0.1, -0.05) is 20.3 Å². The van der Waals surface area contributed by atoms with Crippen molar-refractivity contribution in [3.63, 3.8) is 0 Å². The van der Waals surface area contributed by atoms with Crippen LogP contribution in [0.3, 0.4) is 0 Å². The molecule has 1 aliphatic rings. The van der Waals surface area contributed by atoms with Crippen LogP contribution in [0.4, 0.5) is 0 Å². The first-order chi connectivity index (χ1) is 7.65. The van der Waals surface area contributed by atoms with Crippen LogP contribution in [0.25, 0.3) is 0 Å². The Morgan fingerprint density at radius 2 is 1.88 bits per heavy atom.